The third-order valence-electron chi connectivity index (χ3n) is 5.40. The molecule has 188 valence electrons. The van der Waals surface area contributed by atoms with Crippen LogP contribution in [0.3, 0.4) is 0 Å². The molecule has 4 nitrogen and oxygen atoms in total. The van der Waals surface area contributed by atoms with Crippen molar-refractivity contribution in [3.8, 4) is 11.5 Å². The van der Waals surface area contributed by atoms with E-state index in [-0.39, 0.29) is 17.6 Å². The summed E-state index contributed by atoms with van der Waals surface area (Å²) >= 11 is 0. The molecule has 0 aliphatic heterocycles. The lowest BCUT2D eigenvalue weighted by atomic mass is 9.97. The van der Waals surface area contributed by atoms with Gasteiger partial charge >= 0.3 is 0 Å². The Bertz CT molecular complexity index is 1140. The van der Waals surface area contributed by atoms with Crippen LogP contribution >= 0.6 is 0 Å². The lowest BCUT2D eigenvalue weighted by molar-refractivity contribution is -0.0874. The van der Waals surface area contributed by atoms with Crippen LogP contribution in [0.2, 0.25) is 0 Å². The zero-order chi connectivity index (χ0) is 25.8. The van der Waals surface area contributed by atoms with Crippen LogP contribution in [0, 0.1) is 0 Å². The van der Waals surface area contributed by atoms with Crippen molar-refractivity contribution in [3.05, 3.63) is 113 Å². The van der Waals surface area contributed by atoms with Crippen molar-refractivity contribution in [1.29, 1.82) is 0 Å². The van der Waals surface area contributed by atoms with E-state index in [9.17, 15) is 5.11 Å². The van der Waals surface area contributed by atoms with E-state index in [1.165, 1.54) is 5.56 Å². The molecule has 0 aromatic heterocycles. The fourth-order valence-electron chi connectivity index (χ4n) is 3.66. The van der Waals surface area contributed by atoms with Gasteiger partial charge in [-0.3, -0.25) is 0 Å². The van der Waals surface area contributed by atoms with Crippen LogP contribution < -0.4 is 4.74 Å². The molecule has 0 fully saturated rings. The second-order valence-corrected chi connectivity index (χ2v) is 9.12. The number of rotatable bonds is 12. The molecule has 0 spiro atoms. The standard InChI is InChI=1S/C32H36O4/c1-5-34-25(2)35-23-22-28-10-12-29(13-11-28)24-32(3,4)36-31-20-16-27(17-21-31)9-7-6-8-26-14-18-30(33)19-15-26/h6-23,25,33H,5,24H2,1-4H3. The van der Waals surface area contributed by atoms with Crippen molar-refractivity contribution in [2.24, 2.45) is 0 Å². The van der Waals surface area contributed by atoms with Crippen molar-refractivity contribution in [2.45, 2.75) is 46.0 Å². The quantitative estimate of drug-likeness (QED) is 0.161. The summed E-state index contributed by atoms with van der Waals surface area (Å²) in [6.07, 6.45) is 12.2. The molecule has 1 unspecified atom stereocenters. The Morgan fingerprint density at radius 2 is 1.31 bits per heavy atom. The molecule has 3 aromatic carbocycles. The van der Waals surface area contributed by atoms with E-state index in [2.05, 4.69) is 38.1 Å². The van der Waals surface area contributed by atoms with E-state index in [4.69, 9.17) is 14.2 Å². The number of ether oxygens (including phenoxy) is 3. The largest absolute Gasteiger partial charge is 0.508 e. The number of phenols is 1. The number of benzene rings is 3. The van der Waals surface area contributed by atoms with Crippen LogP contribution in [0.5, 0.6) is 11.5 Å². The van der Waals surface area contributed by atoms with Gasteiger partial charge in [-0.25, -0.2) is 0 Å². The van der Waals surface area contributed by atoms with Gasteiger partial charge in [-0.05, 0) is 80.3 Å². The Labute approximate surface area is 215 Å². The van der Waals surface area contributed by atoms with Gasteiger partial charge in [0.25, 0.3) is 0 Å². The minimum Gasteiger partial charge on any atom is -0.508 e. The summed E-state index contributed by atoms with van der Waals surface area (Å²) < 4.78 is 17.1. The Kier molecular flexibility index (Phi) is 9.96. The Balaban J connectivity index is 1.49. The topological polar surface area (TPSA) is 47.9 Å². The Morgan fingerprint density at radius 1 is 0.778 bits per heavy atom. The number of hydrogen-bond donors (Lipinski definition) is 1. The molecular weight excluding hydrogens is 448 g/mol. The lowest BCUT2D eigenvalue weighted by Crippen LogP contribution is -2.30. The molecule has 0 bridgehead atoms. The molecule has 0 radical (unpaired) electrons. The van der Waals surface area contributed by atoms with Gasteiger partial charge in [0.1, 0.15) is 17.1 Å². The predicted molar refractivity (Wildman–Crippen MR) is 149 cm³/mol. The molecule has 0 saturated heterocycles. The van der Waals surface area contributed by atoms with Crippen LogP contribution in [0.15, 0.2) is 91.2 Å². The highest BCUT2D eigenvalue weighted by atomic mass is 16.7. The van der Waals surface area contributed by atoms with E-state index in [1.54, 1.807) is 18.4 Å². The molecule has 0 heterocycles. The first kappa shape index (κ1) is 26.8. The summed E-state index contributed by atoms with van der Waals surface area (Å²) in [4.78, 5) is 0. The summed E-state index contributed by atoms with van der Waals surface area (Å²) in [7, 11) is 0. The average molecular weight is 485 g/mol. The van der Waals surface area contributed by atoms with Crippen molar-refractivity contribution in [1.82, 2.24) is 0 Å². The van der Waals surface area contributed by atoms with Gasteiger partial charge in [-0.1, -0.05) is 72.8 Å². The number of aromatic hydroxyl groups is 1. The Morgan fingerprint density at radius 3 is 1.89 bits per heavy atom. The maximum atomic E-state index is 9.35. The van der Waals surface area contributed by atoms with Crippen LogP contribution in [-0.4, -0.2) is 23.6 Å². The van der Waals surface area contributed by atoms with Crippen molar-refractivity contribution < 1.29 is 19.3 Å². The number of phenolic OH excluding ortho intramolecular Hbond substituents is 1. The molecule has 36 heavy (non-hydrogen) atoms. The minimum absolute atomic E-state index is 0.248. The summed E-state index contributed by atoms with van der Waals surface area (Å²) in [6, 6.07) is 23.6. The molecule has 0 aliphatic carbocycles. The molecule has 3 aromatic rings. The summed E-state index contributed by atoms with van der Waals surface area (Å²) in [5.74, 6) is 1.12. The number of hydrogen-bond acceptors (Lipinski definition) is 4. The molecule has 1 N–H and O–H groups in total. The zero-order valence-corrected chi connectivity index (χ0v) is 21.6. The van der Waals surface area contributed by atoms with Gasteiger partial charge in [0.15, 0.2) is 6.29 Å². The van der Waals surface area contributed by atoms with Gasteiger partial charge in [0.05, 0.1) is 6.26 Å². The third kappa shape index (κ3) is 9.47. The first-order valence-electron chi connectivity index (χ1n) is 12.3. The van der Waals surface area contributed by atoms with Crippen molar-refractivity contribution >= 4 is 18.2 Å². The molecule has 0 saturated carbocycles. The SMILES string of the molecule is CCOC(C)OC=Cc1ccc(CC(C)(C)Oc2ccc(C=CC=Cc3ccc(O)cc3)cc2)cc1. The predicted octanol–water partition coefficient (Wildman–Crippen LogP) is 7.89. The average Bonchev–Trinajstić information content (AvgIpc) is 2.85. The fraction of sp³-hybridized carbons (Fsp3) is 0.250. The maximum absolute atomic E-state index is 9.35. The molecular formula is C32H36O4. The molecule has 0 aliphatic rings. The number of allylic oxidation sites excluding steroid dienone is 2. The zero-order valence-electron chi connectivity index (χ0n) is 21.6. The van der Waals surface area contributed by atoms with Gasteiger partial charge in [0, 0.05) is 13.0 Å². The van der Waals surface area contributed by atoms with Gasteiger partial charge in [0.2, 0.25) is 0 Å². The minimum atomic E-state index is -0.350. The monoisotopic (exact) mass is 484 g/mol. The summed E-state index contributed by atoms with van der Waals surface area (Å²) in [6.45, 7) is 8.66. The highest BCUT2D eigenvalue weighted by Gasteiger charge is 2.20. The maximum Gasteiger partial charge on any atom is 0.196 e. The smallest absolute Gasteiger partial charge is 0.196 e. The van der Waals surface area contributed by atoms with Crippen LogP contribution in [0.1, 0.15) is 49.9 Å². The lowest BCUT2D eigenvalue weighted by Gasteiger charge is -2.27. The van der Waals surface area contributed by atoms with Gasteiger partial charge in [-0.15, -0.1) is 0 Å². The molecule has 1 atom stereocenters. The second-order valence-electron chi connectivity index (χ2n) is 9.12. The van der Waals surface area contributed by atoms with Crippen LogP contribution in [0.25, 0.3) is 18.2 Å². The highest BCUT2D eigenvalue weighted by molar-refractivity contribution is 5.58. The van der Waals surface area contributed by atoms with Crippen LogP contribution in [0.4, 0.5) is 0 Å². The first-order chi connectivity index (χ1) is 17.3. The molecule has 3 rings (SSSR count). The molecule has 0 amide bonds. The van der Waals surface area contributed by atoms with E-state index in [0.29, 0.717) is 6.61 Å². The highest BCUT2D eigenvalue weighted by Crippen LogP contribution is 2.23. The first-order valence-corrected chi connectivity index (χ1v) is 12.3. The second kappa shape index (κ2) is 13.4. The van der Waals surface area contributed by atoms with E-state index < -0.39 is 0 Å². The van der Waals surface area contributed by atoms with Crippen molar-refractivity contribution in [2.75, 3.05) is 6.61 Å². The summed E-state index contributed by atoms with van der Waals surface area (Å²) in [5.41, 5.74) is 4.07. The molecule has 4 heteroatoms. The fourth-order valence-corrected chi connectivity index (χ4v) is 3.66. The van der Waals surface area contributed by atoms with Gasteiger partial charge < -0.3 is 19.3 Å². The van der Waals surface area contributed by atoms with E-state index in [0.717, 1.165) is 28.9 Å². The summed E-state index contributed by atoms with van der Waals surface area (Å²) in [5, 5.41) is 9.35. The normalized spacial score (nSPS) is 13.0. The Hall–Kier alpha value is -3.76. The third-order valence-corrected chi connectivity index (χ3v) is 5.40. The van der Waals surface area contributed by atoms with Crippen molar-refractivity contribution in [3.63, 3.8) is 0 Å². The van der Waals surface area contributed by atoms with Gasteiger partial charge in [-0.2, -0.15) is 0 Å². The van der Waals surface area contributed by atoms with E-state index >= 15 is 0 Å². The van der Waals surface area contributed by atoms with Crippen LogP contribution in [-0.2, 0) is 15.9 Å². The van der Waals surface area contributed by atoms with E-state index in [1.807, 2.05) is 80.6 Å².